The molecule has 2 fully saturated rings. The minimum atomic E-state index is -1.57. The quantitative estimate of drug-likeness (QED) is 0.0205. The Balaban J connectivity index is 1.14. The lowest BCUT2D eigenvalue weighted by molar-refractivity contribution is -0.277. The van der Waals surface area contributed by atoms with Crippen LogP contribution in [0.5, 0.6) is 11.5 Å². The van der Waals surface area contributed by atoms with Crippen LogP contribution in [0.4, 0.5) is 0 Å². The van der Waals surface area contributed by atoms with Crippen LogP contribution in [0.15, 0.2) is 72.8 Å². The van der Waals surface area contributed by atoms with Crippen LogP contribution in [-0.2, 0) is 22.3 Å². The SMILES string of the molecule is CCCCCCCCCCCc1c2nc(c(-c3ccc(O[C@@H]4O[C@H](CO)[C@@H](O)[C@H](O)[C@H]4O)cc3)c3ccc([nH]3)c(CCCCCCCCCCC)c3nc(c(-c4ccc(O[C@@H]5O[C@H](CO)[C@@H](O)[C@H](O)[C@H]5O)cc4)c4ccc1[nH]4)C=C3)C=C2. The van der Waals surface area contributed by atoms with E-state index in [1.54, 1.807) is 24.3 Å². The molecule has 0 saturated carbocycles. The summed E-state index contributed by atoms with van der Waals surface area (Å²) < 4.78 is 23.4. The van der Waals surface area contributed by atoms with E-state index in [-0.39, 0.29) is 0 Å². The van der Waals surface area contributed by atoms with E-state index < -0.39 is 74.6 Å². The van der Waals surface area contributed by atoms with E-state index in [1.807, 2.05) is 24.3 Å². The van der Waals surface area contributed by atoms with Crippen molar-refractivity contribution >= 4 is 46.4 Å². The van der Waals surface area contributed by atoms with Crippen LogP contribution in [0.25, 0.3) is 68.6 Å². The second kappa shape index (κ2) is 29.7. The number of hydrogen-bond donors (Lipinski definition) is 10. The second-order valence-corrected chi connectivity index (χ2v) is 22.5. The molecule has 0 radical (unpaired) electrons. The van der Waals surface area contributed by atoms with E-state index in [0.29, 0.717) is 11.5 Å². The van der Waals surface area contributed by atoms with Crippen LogP contribution in [0, 0.1) is 0 Å². The minimum absolute atomic E-state index is 0.354. The fraction of sp³-hybridized carbons (Fsp3) is 0.515. The van der Waals surface area contributed by atoms with Gasteiger partial charge in [0, 0.05) is 44.3 Å². The molecule has 8 bridgehead atoms. The van der Waals surface area contributed by atoms with Gasteiger partial charge >= 0.3 is 0 Å². The summed E-state index contributed by atoms with van der Waals surface area (Å²) in [5.74, 6) is 0.708. The molecular formula is C66H86N4O12. The van der Waals surface area contributed by atoms with Crippen molar-refractivity contribution in [2.75, 3.05) is 13.2 Å². The van der Waals surface area contributed by atoms with Gasteiger partial charge in [-0.1, -0.05) is 141 Å². The molecule has 0 aliphatic carbocycles. The molecule has 10 N–H and O–H groups in total. The molecular weight excluding hydrogens is 1040 g/mol. The van der Waals surface area contributed by atoms with Gasteiger partial charge in [-0.15, -0.1) is 0 Å². The summed E-state index contributed by atoms with van der Waals surface area (Å²) in [7, 11) is 0. The molecule has 2 aromatic carbocycles. The highest BCUT2D eigenvalue weighted by Gasteiger charge is 2.46. The lowest BCUT2D eigenvalue weighted by atomic mass is 9.99. The van der Waals surface area contributed by atoms with Crippen molar-refractivity contribution in [1.29, 1.82) is 0 Å². The Bertz CT molecular complexity index is 2860. The Kier molecular flexibility index (Phi) is 22.0. The molecule has 0 amide bonds. The van der Waals surface area contributed by atoms with Crippen molar-refractivity contribution in [2.24, 2.45) is 0 Å². The Morgan fingerprint density at radius 3 is 1.07 bits per heavy atom. The zero-order chi connectivity index (χ0) is 57.5. The molecule has 82 heavy (non-hydrogen) atoms. The number of H-pyrrole nitrogens is 2. The van der Waals surface area contributed by atoms with E-state index in [4.69, 9.17) is 28.9 Å². The van der Waals surface area contributed by atoms with E-state index in [2.05, 4.69) is 72.4 Å². The molecule has 7 heterocycles. The predicted molar refractivity (Wildman–Crippen MR) is 320 cm³/mol. The van der Waals surface area contributed by atoms with E-state index >= 15 is 0 Å². The average Bonchev–Trinajstić information content (AvgIpc) is 4.43. The van der Waals surface area contributed by atoms with Gasteiger partial charge in [-0.25, -0.2) is 9.97 Å². The number of fused-ring (bicyclic) bond motifs is 8. The monoisotopic (exact) mass is 1130 g/mol. The largest absolute Gasteiger partial charge is 0.462 e. The van der Waals surface area contributed by atoms with Crippen molar-refractivity contribution in [1.82, 2.24) is 19.9 Å². The molecule has 4 aliphatic rings. The number of aliphatic hydroxyl groups is 8. The zero-order valence-electron chi connectivity index (χ0n) is 47.7. The maximum absolute atomic E-state index is 10.8. The number of nitrogens with zero attached hydrogens (tertiary/aromatic N) is 2. The first-order valence-corrected chi connectivity index (χ1v) is 30.3. The highest BCUT2D eigenvalue weighted by Crippen LogP contribution is 2.37. The van der Waals surface area contributed by atoms with Gasteiger partial charge in [-0.2, -0.15) is 0 Å². The fourth-order valence-corrected chi connectivity index (χ4v) is 11.7. The Hall–Kier alpha value is -5.76. The number of aromatic nitrogens is 4. The Morgan fingerprint density at radius 1 is 0.390 bits per heavy atom. The Labute approximate surface area is 481 Å². The summed E-state index contributed by atoms with van der Waals surface area (Å²) in [6, 6.07) is 23.2. The molecule has 16 heteroatoms. The van der Waals surface area contributed by atoms with E-state index in [0.717, 1.165) is 130 Å². The summed E-state index contributed by atoms with van der Waals surface area (Å²) in [6.45, 7) is 3.36. The van der Waals surface area contributed by atoms with Crippen molar-refractivity contribution < 1.29 is 59.8 Å². The van der Waals surface area contributed by atoms with Crippen molar-refractivity contribution in [2.45, 2.75) is 204 Å². The van der Waals surface area contributed by atoms with Gasteiger partial charge in [0.25, 0.3) is 0 Å². The summed E-state index contributed by atoms with van der Waals surface area (Å²) in [5, 5.41) is 82.9. The van der Waals surface area contributed by atoms with Gasteiger partial charge in [0.1, 0.15) is 60.3 Å². The molecule has 2 saturated heterocycles. The minimum Gasteiger partial charge on any atom is -0.462 e. The molecule has 442 valence electrons. The van der Waals surface area contributed by atoms with Gasteiger partial charge in [0.15, 0.2) is 0 Å². The molecule has 10 atom stereocenters. The lowest BCUT2D eigenvalue weighted by Crippen LogP contribution is -2.60. The number of ether oxygens (including phenoxy) is 4. The molecule has 9 rings (SSSR count). The highest BCUT2D eigenvalue weighted by molar-refractivity contribution is 5.94. The normalized spacial score (nSPS) is 23.4. The maximum atomic E-state index is 10.8. The topological polar surface area (TPSA) is 256 Å². The van der Waals surface area contributed by atoms with Gasteiger partial charge in [-0.3, -0.25) is 0 Å². The molecule has 3 aromatic heterocycles. The maximum Gasteiger partial charge on any atom is 0.229 e. The predicted octanol–water partition coefficient (Wildman–Crippen LogP) is 10.5. The highest BCUT2D eigenvalue weighted by atomic mass is 16.7. The van der Waals surface area contributed by atoms with Crippen LogP contribution in [0.3, 0.4) is 0 Å². The second-order valence-electron chi connectivity index (χ2n) is 22.5. The lowest BCUT2D eigenvalue weighted by Gasteiger charge is -2.39. The van der Waals surface area contributed by atoms with Crippen molar-refractivity contribution in [3.05, 3.63) is 107 Å². The third-order valence-corrected chi connectivity index (χ3v) is 16.5. The van der Waals surface area contributed by atoms with Crippen LogP contribution in [-0.4, -0.2) is 135 Å². The molecule has 4 aliphatic heterocycles. The summed E-state index contributed by atoms with van der Waals surface area (Å²) in [6.07, 6.45) is 17.3. The molecule has 0 spiro atoms. The third kappa shape index (κ3) is 14.8. The summed E-state index contributed by atoms with van der Waals surface area (Å²) >= 11 is 0. The molecule has 5 aromatic rings. The molecule has 16 nitrogen and oxygen atoms in total. The average molecular weight is 1130 g/mol. The number of benzene rings is 2. The number of aryl methyl sites for hydroxylation is 2. The van der Waals surface area contributed by atoms with Gasteiger partial charge in [0.05, 0.1) is 36.0 Å². The van der Waals surface area contributed by atoms with Crippen LogP contribution >= 0.6 is 0 Å². The van der Waals surface area contributed by atoms with E-state index in [1.165, 1.54) is 77.0 Å². The third-order valence-electron chi connectivity index (χ3n) is 16.5. The molecule has 0 unspecified atom stereocenters. The van der Waals surface area contributed by atoms with Gasteiger partial charge in [0.2, 0.25) is 12.6 Å². The van der Waals surface area contributed by atoms with Gasteiger partial charge < -0.3 is 69.8 Å². The zero-order valence-corrected chi connectivity index (χ0v) is 47.7. The number of nitrogens with one attached hydrogen (secondary N) is 2. The van der Waals surface area contributed by atoms with Crippen LogP contribution in [0.1, 0.15) is 163 Å². The van der Waals surface area contributed by atoms with E-state index in [9.17, 15) is 40.9 Å². The standard InChI is InChI=1S/C66H86N4O12/c1-3-5-7-9-11-13-15-17-19-21-45-47-31-35-51(67-47)57(41-23-27-43(28-24-41)79-65-63(77)61(75)59(73)55(39-71)81-65)53-37-33-49(69-53)46(22-20-18-16-14-12-10-8-6-4-2)50-34-38-54(70-50)58(52-36-32-48(45)68-52)42-25-29-44(30-26-42)80-66-64(78)62(76)60(74)56(40-72)82-66/h23-38,55-56,59-67,70-78H,3-22,39-40H2,1-2H3/t55-,56-,59-,60-,61+,62+,63-,64-,65-,66-/m1/s1. The number of rotatable bonds is 28. The number of unbranched alkanes of at least 4 members (excludes halogenated alkanes) is 16. The van der Waals surface area contributed by atoms with Crippen LogP contribution in [0.2, 0.25) is 0 Å². The first-order chi connectivity index (χ1) is 40.0. The summed E-state index contributed by atoms with van der Waals surface area (Å²) in [4.78, 5) is 18.6. The Morgan fingerprint density at radius 2 is 0.720 bits per heavy atom. The summed E-state index contributed by atoms with van der Waals surface area (Å²) in [5.41, 5.74) is 12.4. The van der Waals surface area contributed by atoms with Crippen LogP contribution < -0.4 is 9.47 Å². The number of aromatic amines is 2. The number of aliphatic hydroxyl groups excluding tert-OH is 8. The van der Waals surface area contributed by atoms with Crippen molar-refractivity contribution in [3.8, 4) is 33.8 Å². The fourth-order valence-electron chi connectivity index (χ4n) is 11.7. The smallest absolute Gasteiger partial charge is 0.229 e. The first kappa shape index (κ1) is 60.8. The first-order valence-electron chi connectivity index (χ1n) is 30.3. The van der Waals surface area contributed by atoms with Gasteiger partial charge in [-0.05, 0) is 110 Å². The number of hydrogen-bond acceptors (Lipinski definition) is 14. The van der Waals surface area contributed by atoms with Crippen molar-refractivity contribution in [3.63, 3.8) is 0 Å².